The zero-order chi connectivity index (χ0) is 13.8. The van der Waals surface area contributed by atoms with Gasteiger partial charge in [0.15, 0.2) is 0 Å². The van der Waals surface area contributed by atoms with Crippen LogP contribution in [0.25, 0.3) is 0 Å². The van der Waals surface area contributed by atoms with Crippen LogP contribution in [-0.2, 0) is 9.47 Å². The van der Waals surface area contributed by atoms with Crippen LogP contribution >= 0.6 is 31.9 Å². The van der Waals surface area contributed by atoms with Gasteiger partial charge in [-0.2, -0.15) is 0 Å². The summed E-state index contributed by atoms with van der Waals surface area (Å²) in [5.41, 5.74) is 0. The Labute approximate surface area is 132 Å². The van der Waals surface area contributed by atoms with Crippen LogP contribution in [0, 0.1) is 12.3 Å². The molecule has 0 aromatic heterocycles. The van der Waals surface area contributed by atoms with Crippen LogP contribution in [0.3, 0.4) is 0 Å². The van der Waals surface area contributed by atoms with Gasteiger partial charge in [-0.05, 0) is 25.3 Å². The molecule has 106 valence electrons. The number of hydrogen-bond acceptors (Lipinski definition) is 2. The number of rotatable bonds is 4. The minimum atomic E-state index is 0.123. The summed E-state index contributed by atoms with van der Waals surface area (Å²) >= 11 is 7.46. The van der Waals surface area contributed by atoms with Crippen molar-refractivity contribution in [2.75, 3.05) is 0 Å². The number of halogens is 2. The van der Waals surface area contributed by atoms with E-state index in [1.807, 2.05) is 6.08 Å². The molecule has 0 spiro atoms. The van der Waals surface area contributed by atoms with Crippen molar-refractivity contribution in [1.82, 2.24) is 0 Å². The lowest BCUT2D eigenvalue weighted by Crippen LogP contribution is -2.55. The maximum Gasteiger partial charge on any atom is 0.0876 e. The van der Waals surface area contributed by atoms with E-state index >= 15 is 0 Å². The highest BCUT2D eigenvalue weighted by Crippen LogP contribution is 2.39. The molecule has 0 aromatic rings. The van der Waals surface area contributed by atoms with Crippen LogP contribution in [0.2, 0.25) is 0 Å². The number of hydrogen-bond donors (Lipinski definition) is 0. The molecule has 3 aliphatic rings. The van der Waals surface area contributed by atoms with Gasteiger partial charge in [0.1, 0.15) is 0 Å². The Hall–Kier alpha value is 0.180. The third-order valence-corrected chi connectivity index (χ3v) is 6.02. The molecular weight excluding hydrogens is 372 g/mol. The van der Waals surface area contributed by atoms with Gasteiger partial charge in [-0.3, -0.25) is 0 Å². The van der Waals surface area contributed by atoms with E-state index in [0.717, 1.165) is 25.7 Å². The SMILES string of the molecule is C#C/C=C\C[C@@H]1O[C@@H]([C@H](Br)CC)C[C@@H](Br)[C@H]2C[C@@H]1O2. The fraction of sp³-hybridized carbons (Fsp3) is 0.733. The first kappa shape index (κ1) is 15.6. The normalized spacial score (nSPS) is 40.0. The van der Waals surface area contributed by atoms with E-state index in [1.54, 1.807) is 6.08 Å². The Kier molecular flexibility index (Phi) is 5.95. The maximum absolute atomic E-state index is 6.29. The average molecular weight is 392 g/mol. The Morgan fingerprint density at radius 1 is 1.37 bits per heavy atom. The molecular formula is C15H20Br2O2. The van der Waals surface area contributed by atoms with Gasteiger partial charge in [-0.25, -0.2) is 0 Å². The van der Waals surface area contributed by atoms with E-state index in [9.17, 15) is 0 Å². The van der Waals surface area contributed by atoms with Crippen molar-refractivity contribution in [3.8, 4) is 12.3 Å². The minimum Gasteiger partial charge on any atom is -0.371 e. The lowest BCUT2D eigenvalue weighted by Gasteiger charge is -2.47. The van der Waals surface area contributed by atoms with Crippen LogP contribution < -0.4 is 0 Å². The predicted octanol–water partition coefficient (Wildman–Crippen LogP) is 3.82. The molecule has 2 bridgehead atoms. The van der Waals surface area contributed by atoms with Crippen LogP contribution in [0.4, 0.5) is 0 Å². The highest BCUT2D eigenvalue weighted by Gasteiger charge is 2.44. The average Bonchev–Trinajstić information content (AvgIpc) is 2.32. The molecule has 3 aliphatic heterocycles. The van der Waals surface area contributed by atoms with E-state index in [2.05, 4.69) is 44.7 Å². The third kappa shape index (κ3) is 3.85. The topological polar surface area (TPSA) is 18.5 Å². The monoisotopic (exact) mass is 390 g/mol. The lowest BCUT2D eigenvalue weighted by atomic mass is 9.90. The summed E-state index contributed by atoms with van der Waals surface area (Å²) in [5.74, 6) is 2.52. The van der Waals surface area contributed by atoms with Crippen molar-refractivity contribution in [3.63, 3.8) is 0 Å². The summed E-state index contributed by atoms with van der Waals surface area (Å²) in [7, 11) is 0. The molecule has 0 N–H and O–H groups in total. The van der Waals surface area contributed by atoms with Crippen LogP contribution in [-0.4, -0.2) is 34.1 Å². The fourth-order valence-electron chi connectivity index (χ4n) is 2.63. The van der Waals surface area contributed by atoms with Crippen molar-refractivity contribution in [1.29, 1.82) is 0 Å². The van der Waals surface area contributed by atoms with Crippen LogP contribution in [0.1, 0.15) is 32.6 Å². The second-order valence-electron chi connectivity index (χ2n) is 5.14. The van der Waals surface area contributed by atoms with Gasteiger partial charge in [-0.15, -0.1) is 6.42 Å². The second kappa shape index (κ2) is 7.26. The number of allylic oxidation sites excluding steroid dienone is 1. The summed E-state index contributed by atoms with van der Waals surface area (Å²) in [6, 6.07) is 0. The largest absolute Gasteiger partial charge is 0.371 e. The molecule has 6 atom stereocenters. The third-order valence-electron chi connectivity index (χ3n) is 3.82. The summed E-state index contributed by atoms with van der Waals surface area (Å²) in [5, 5.41) is 0. The molecule has 4 heteroatoms. The first-order valence-corrected chi connectivity index (χ1v) is 8.69. The van der Waals surface area contributed by atoms with Gasteiger partial charge >= 0.3 is 0 Å². The Morgan fingerprint density at radius 3 is 2.74 bits per heavy atom. The molecule has 0 aromatic carbocycles. The zero-order valence-corrected chi connectivity index (χ0v) is 14.3. The smallest absolute Gasteiger partial charge is 0.0876 e. The number of terminal acetylenes is 1. The number of fused-ring (bicyclic) bond motifs is 4. The molecule has 0 unspecified atom stereocenters. The summed E-state index contributed by atoms with van der Waals surface area (Å²) < 4.78 is 12.2. The van der Waals surface area contributed by atoms with Gasteiger partial charge in [-0.1, -0.05) is 50.8 Å². The standard InChI is InChI=1S/C15H20Br2O2/c1-3-5-6-7-12-15-9-14(19-15)11(17)8-13(18-12)10(16)4-2/h1,5-6,10-15H,4,7-9H2,2H3/b6-5-/t10-,11-,12+,13-,14-,15+/m1/s1. The molecule has 3 heterocycles. The van der Waals surface area contributed by atoms with Crippen molar-refractivity contribution < 1.29 is 9.47 Å². The fourth-order valence-corrected chi connectivity index (χ4v) is 3.68. The van der Waals surface area contributed by atoms with E-state index in [4.69, 9.17) is 15.9 Å². The van der Waals surface area contributed by atoms with Gasteiger partial charge in [0.2, 0.25) is 0 Å². The maximum atomic E-state index is 6.29. The van der Waals surface area contributed by atoms with Crippen LogP contribution in [0.5, 0.6) is 0 Å². The van der Waals surface area contributed by atoms with E-state index in [0.29, 0.717) is 15.8 Å². The minimum absolute atomic E-state index is 0.123. The molecule has 2 nitrogen and oxygen atoms in total. The van der Waals surface area contributed by atoms with Gasteiger partial charge in [0.05, 0.1) is 24.4 Å². The Bertz CT molecular complexity index is 358. The summed E-state index contributed by atoms with van der Waals surface area (Å²) in [6.45, 7) is 2.18. The quantitative estimate of drug-likeness (QED) is 0.535. The van der Waals surface area contributed by atoms with Gasteiger partial charge < -0.3 is 9.47 Å². The molecule has 3 rings (SSSR count). The highest BCUT2D eigenvalue weighted by atomic mass is 79.9. The lowest BCUT2D eigenvalue weighted by molar-refractivity contribution is -0.213. The van der Waals surface area contributed by atoms with Crippen LogP contribution in [0.15, 0.2) is 12.2 Å². The molecule has 0 radical (unpaired) electrons. The first-order chi connectivity index (χ1) is 9.15. The molecule has 3 fully saturated rings. The molecule has 0 aliphatic carbocycles. The summed E-state index contributed by atoms with van der Waals surface area (Å²) in [4.78, 5) is 0.784. The Balaban J connectivity index is 2.02. The highest BCUT2D eigenvalue weighted by molar-refractivity contribution is 9.09. The van der Waals surface area contributed by atoms with Gasteiger partial charge in [0, 0.05) is 16.1 Å². The van der Waals surface area contributed by atoms with Crippen molar-refractivity contribution in [3.05, 3.63) is 12.2 Å². The molecule has 0 saturated carbocycles. The second-order valence-corrected chi connectivity index (χ2v) is 7.49. The van der Waals surface area contributed by atoms with E-state index in [1.165, 1.54) is 0 Å². The van der Waals surface area contributed by atoms with Crippen molar-refractivity contribution in [2.24, 2.45) is 0 Å². The summed E-state index contributed by atoms with van der Waals surface area (Å²) in [6.07, 6.45) is 13.8. The Morgan fingerprint density at radius 2 is 2.11 bits per heavy atom. The van der Waals surface area contributed by atoms with E-state index < -0.39 is 0 Å². The molecule has 0 amide bonds. The molecule has 3 saturated heterocycles. The molecule has 19 heavy (non-hydrogen) atoms. The van der Waals surface area contributed by atoms with Crippen molar-refractivity contribution in [2.45, 2.75) is 66.7 Å². The number of alkyl halides is 2. The predicted molar refractivity (Wildman–Crippen MR) is 84.9 cm³/mol. The number of ether oxygens (including phenoxy) is 2. The zero-order valence-electron chi connectivity index (χ0n) is 11.1. The van der Waals surface area contributed by atoms with Crippen molar-refractivity contribution >= 4 is 31.9 Å². The van der Waals surface area contributed by atoms with Gasteiger partial charge in [0.25, 0.3) is 0 Å². The van der Waals surface area contributed by atoms with E-state index in [-0.39, 0.29) is 18.3 Å². The first-order valence-electron chi connectivity index (χ1n) is 6.85.